The SMILES string of the molecule is CCOC(=O)c1ccc(CN(C)c2nc(-c3ccc(OCc4ccc(C5CCCCC5)cc4)cc3)cs2)cc1. The maximum absolute atomic E-state index is 11.9. The van der Waals surface area contributed by atoms with Gasteiger partial charge in [0.2, 0.25) is 0 Å². The maximum atomic E-state index is 11.9. The monoisotopic (exact) mass is 540 g/mol. The number of esters is 1. The van der Waals surface area contributed by atoms with Gasteiger partial charge in [-0.25, -0.2) is 9.78 Å². The van der Waals surface area contributed by atoms with Crippen LogP contribution in [0.2, 0.25) is 0 Å². The van der Waals surface area contributed by atoms with Gasteiger partial charge in [0.1, 0.15) is 12.4 Å². The summed E-state index contributed by atoms with van der Waals surface area (Å²) < 4.78 is 11.1. The Bertz CT molecular complexity index is 1340. The van der Waals surface area contributed by atoms with Gasteiger partial charge in [0.25, 0.3) is 0 Å². The van der Waals surface area contributed by atoms with E-state index in [0.717, 1.165) is 33.6 Å². The molecule has 5 rings (SSSR count). The molecule has 5 nitrogen and oxygen atoms in total. The van der Waals surface area contributed by atoms with E-state index in [0.29, 0.717) is 25.3 Å². The molecule has 0 saturated heterocycles. The summed E-state index contributed by atoms with van der Waals surface area (Å²) in [5.41, 5.74) is 6.36. The number of hydrogen-bond acceptors (Lipinski definition) is 6. The standard InChI is InChI=1S/C33H36N2O3S/c1-3-37-32(36)29-15-9-24(10-16-29)21-35(2)33-34-31(23-39-33)28-17-19-30(20-18-28)38-22-25-11-13-27(14-12-25)26-7-5-4-6-8-26/h9-20,23,26H,3-8,21-22H2,1-2H3. The number of nitrogens with zero attached hydrogens (tertiary/aromatic N) is 2. The Balaban J connectivity index is 1.13. The number of benzene rings is 3. The second kappa shape index (κ2) is 12.9. The number of aromatic nitrogens is 1. The van der Waals surface area contributed by atoms with E-state index in [1.165, 1.54) is 43.2 Å². The van der Waals surface area contributed by atoms with Crippen LogP contribution >= 0.6 is 11.3 Å². The van der Waals surface area contributed by atoms with Crippen molar-refractivity contribution in [2.45, 2.75) is 58.1 Å². The molecule has 0 unspecified atom stereocenters. The number of hydrogen-bond donors (Lipinski definition) is 0. The van der Waals surface area contributed by atoms with Crippen molar-refractivity contribution < 1.29 is 14.3 Å². The third kappa shape index (κ3) is 7.07. The van der Waals surface area contributed by atoms with Crippen LogP contribution in [0.25, 0.3) is 11.3 Å². The van der Waals surface area contributed by atoms with Gasteiger partial charge in [-0.1, -0.05) is 55.7 Å². The van der Waals surface area contributed by atoms with Gasteiger partial charge in [0.05, 0.1) is 17.9 Å². The van der Waals surface area contributed by atoms with Gasteiger partial charge >= 0.3 is 5.97 Å². The lowest BCUT2D eigenvalue weighted by atomic mass is 9.84. The molecule has 0 amide bonds. The smallest absolute Gasteiger partial charge is 0.338 e. The Kier molecular flexibility index (Phi) is 8.94. The Morgan fingerprint density at radius 2 is 1.62 bits per heavy atom. The average molecular weight is 541 g/mol. The highest BCUT2D eigenvalue weighted by molar-refractivity contribution is 7.14. The van der Waals surface area contributed by atoms with E-state index in [-0.39, 0.29) is 5.97 Å². The van der Waals surface area contributed by atoms with Gasteiger partial charge < -0.3 is 14.4 Å². The highest BCUT2D eigenvalue weighted by Gasteiger charge is 2.15. The van der Waals surface area contributed by atoms with Crippen molar-refractivity contribution >= 4 is 22.4 Å². The van der Waals surface area contributed by atoms with E-state index in [1.807, 2.05) is 50.4 Å². The molecule has 0 bridgehead atoms. The molecule has 1 heterocycles. The predicted molar refractivity (Wildman–Crippen MR) is 159 cm³/mol. The normalized spacial score (nSPS) is 13.7. The molecule has 1 aromatic heterocycles. The molecule has 0 aliphatic heterocycles. The highest BCUT2D eigenvalue weighted by atomic mass is 32.1. The van der Waals surface area contributed by atoms with Crippen molar-refractivity contribution in [1.82, 2.24) is 4.98 Å². The van der Waals surface area contributed by atoms with E-state index in [2.05, 4.69) is 46.7 Å². The summed E-state index contributed by atoms with van der Waals surface area (Å²) in [7, 11) is 2.03. The van der Waals surface area contributed by atoms with Crippen molar-refractivity contribution in [3.63, 3.8) is 0 Å². The van der Waals surface area contributed by atoms with Crippen LogP contribution in [0, 0.1) is 0 Å². The van der Waals surface area contributed by atoms with Gasteiger partial charge in [-0.3, -0.25) is 0 Å². The van der Waals surface area contributed by atoms with Crippen LogP contribution in [0.1, 0.15) is 72.0 Å². The largest absolute Gasteiger partial charge is 0.489 e. The van der Waals surface area contributed by atoms with E-state index < -0.39 is 0 Å². The molecule has 1 fully saturated rings. The number of carbonyl (C=O) groups excluding carboxylic acids is 1. The molecule has 0 atom stereocenters. The summed E-state index contributed by atoms with van der Waals surface area (Å²) in [5.74, 6) is 1.30. The van der Waals surface area contributed by atoms with E-state index in [1.54, 1.807) is 11.3 Å². The summed E-state index contributed by atoms with van der Waals surface area (Å²) in [6.45, 7) is 3.45. The molecule has 39 heavy (non-hydrogen) atoms. The minimum atomic E-state index is -0.290. The Labute approximate surface area is 235 Å². The fourth-order valence-corrected chi connectivity index (χ4v) is 5.89. The number of anilines is 1. The first-order chi connectivity index (χ1) is 19.1. The summed E-state index contributed by atoms with van der Waals surface area (Å²) in [4.78, 5) is 18.8. The topological polar surface area (TPSA) is 51.7 Å². The minimum absolute atomic E-state index is 0.290. The first-order valence-electron chi connectivity index (χ1n) is 13.8. The first-order valence-corrected chi connectivity index (χ1v) is 14.7. The zero-order valence-corrected chi connectivity index (χ0v) is 23.6. The lowest BCUT2D eigenvalue weighted by Crippen LogP contribution is -2.16. The number of ether oxygens (including phenoxy) is 2. The Morgan fingerprint density at radius 1 is 0.923 bits per heavy atom. The van der Waals surface area contributed by atoms with Crippen molar-refractivity contribution in [3.8, 4) is 17.0 Å². The van der Waals surface area contributed by atoms with Crippen LogP contribution in [-0.2, 0) is 17.9 Å². The van der Waals surface area contributed by atoms with Crippen LogP contribution in [0.5, 0.6) is 5.75 Å². The maximum Gasteiger partial charge on any atom is 0.338 e. The summed E-state index contributed by atoms with van der Waals surface area (Å²) in [6, 6.07) is 24.7. The molecule has 0 N–H and O–H groups in total. The van der Waals surface area contributed by atoms with Crippen molar-refractivity contribution in [3.05, 3.63) is 100 Å². The van der Waals surface area contributed by atoms with Gasteiger partial charge in [-0.05, 0) is 78.8 Å². The average Bonchev–Trinajstić information content (AvgIpc) is 3.48. The summed E-state index contributed by atoms with van der Waals surface area (Å²) in [5, 5.41) is 3.02. The minimum Gasteiger partial charge on any atom is -0.489 e. The number of rotatable bonds is 10. The van der Waals surface area contributed by atoms with Crippen LogP contribution in [0.3, 0.4) is 0 Å². The molecular weight excluding hydrogens is 504 g/mol. The summed E-state index contributed by atoms with van der Waals surface area (Å²) in [6.07, 6.45) is 6.76. The third-order valence-electron chi connectivity index (χ3n) is 7.32. The second-order valence-electron chi connectivity index (χ2n) is 10.2. The zero-order valence-electron chi connectivity index (χ0n) is 22.8. The van der Waals surface area contributed by atoms with Gasteiger partial charge in [0.15, 0.2) is 5.13 Å². The van der Waals surface area contributed by atoms with Crippen LogP contribution in [-0.4, -0.2) is 24.6 Å². The van der Waals surface area contributed by atoms with Crippen LogP contribution < -0.4 is 9.64 Å². The quantitative estimate of drug-likeness (QED) is 0.190. The lowest BCUT2D eigenvalue weighted by molar-refractivity contribution is 0.0526. The molecule has 0 radical (unpaired) electrons. The van der Waals surface area contributed by atoms with Gasteiger partial charge in [0, 0.05) is 24.5 Å². The Morgan fingerprint density at radius 3 is 2.31 bits per heavy atom. The third-order valence-corrected chi connectivity index (χ3v) is 8.27. The molecule has 0 spiro atoms. The van der Waals surface area contributed by atoms with Crippen LogP contribution in [0.4, 0.5) is 5.13 Å². The molecule has 6 heteroatoms. The Hall–Kier alpha value is -3.64. The molecular formula is C33H36N2O3S. The van der Waals surface area contributed by atoms with E-state index in [4.69, 9.17) is 14.5 Å². The van der Waals surface area contributed by atoms with Crippen LogP contribution in [0.15, 0.2) is 78.2 Å². The number of carbonyl (C=O) groups is 1. The first kappa shape index (κ1) is 26.9. The lowest BCUT2D eigenvalue weighted by Gasteiger charge is -2.22. The van der Waals surface area contributed by atoms with Gasteiger partial charge in [-0.2, -0.15) is 0 Å². The van der Waals surface area contributed by atoms with Gasteiger partial charge in [-0.15, -0.1) is 11.3 Å². The molecule has 3 aromatic carbocycles. The van der Waals surface area contributed by atoms with Crippen molar-refractivity contribution in [1.29, 1.82) is 0 Å². The molecule has 1 aliphatic rings. The van der Waals surface area contributed by atoms with Crippen molar-refractivity contribution in [2.75, 3.05) is 18.6 Å². The molecule has 202 valence electrons. The van der Waals surface area contributed by atoms with Crippen molar-refractivity contribution in [2.24, 2.45) is 0 Å². The molecule has 1 saturated carbocycles. The second-order valence-corrected chi connectivity index (χ2v) is 11.0. The molecule has 1 aliphatic carbocycles. The highest BCUT2D eigenvalue weighted by Crippen LogP contribution is 2.33. The predicted octanol–water partition coefficient (Wildman–Crippen LogP) is 8.25. The zero-order chi connectivity index (χ0) is 27.0. The fourth-order valence-electron chi connectivity index (χ4n) is 5.08. The fraction of sp³-hybridized carbons (Fsp3) is 0.333. The van der Waals surface area contributed by atoms with E-state index >= 15 is 0 Å². The summed E-state index contributed by atoms with van der Waals surface area (Å²) >= 11 is 1.62. The molecule has 4 aromatic rings. The number of thiazole rings is 1. The van der Waals surface area contributed by atoms with E-state index in [9.17, 15) is 4.79 Å².